The maximum atomic E-state index is 9.19. The molecule has 1 N–H and O–H groups in total. The maximum Gasteiger partial charge on any atom is 0.115 e. The average molecular weight is 205 g/mol. The van der Waals surface area contributed by atoms with Crippen molar-refractivity contribution < 1.29 is 5.11 Å². The number of likely N-dealkylation sites (tertiary alicyclic amines) is 1. The number of rotatable bonds is 2. The highest BCUT2D eigenvalue weighted by atomic mass is 16.3. The van der Waals surface area contributed by atoms with E-state index in [0.29, 0.717) is 5.75 Å². The predicted molar refractivity (Wildman–Crippen MR) is 61.7 cm³/mol. The number of hydrogen-bond acceptors (Lipinski definition) is 2. The summed E-state index contributed by atoms with van der Waals surface area (Å²) in [6.07, 6.45) is 0. The van der Waals surface area contributed by atoms with E-state index in [0.717, 1.165) is 18.4 Å². The topological polar surface area (TPSA) is 23.5 Å². The number of benzene rings is 1. The lowest BCUT2D eigenvalue weighted by molar-refractivity contribution is 0.316. The SMILES string of the molecule is CC1CN(Cc2ccc(O)cc2)CC1C. The van der Waals surface area contributed by atoms with Gasteiger partial charge in [-0.3, -0.25) is 4.90 Å². The van der Waals surface area contributed by atoms with Gasteiger partial charge in [0.2, 0.25) is 0 Å². The van der Waals surface area contributed by atoms with Crippen molar-refractivity contribution in [2.45, 2.75) is 20.4 Å². The van der Waals surface area contributed by atoms with E-state index in [1.54, 1.807) is 12.1 Å². The van der Waals surface area contributed by atoms with Crippen molar-refractivity contribution >= 4 is 0 Å². The fourth-order valence-electron chi connectivity index (χ4n) is 2.24. The Morgan fingerprint density at radius 2 is 1.67 bits per heavy atom. The molecule has 2 unspecified atom stereocenters. The molecular weight excluding hydrogens is 186 g/mol. The Morgan fingerprint density at radius 3 is 2.20 bits per heavy atom. The molecule has 82 valence electrons. The largest absolute Gasteiger partial charge is 0.508 e. The van der Waals surface area contributed by atoms with Crippen LogP contribution in [-0.2, 0) is 6.54 Å². The molecule has 0 aromatic heterocycles. The number of aromatic hydroxyl groups is 1. The normalized spacial score (nSPS) is 27.1. The first-order chi connectivity index (χ1) is 7.15. The van der Waals surface area contributed by atoms with E-state index in [1.807, 2.05) is 12.1 Å². The lowest BCUT2D eigenvalue weighted by Crippen LogP contribution is -2.19. The summed E-state index contributed by atoms with van der Waals surface area (Å²) in [5, 5.41) is 9.19. The summed E-state index contributed by atoms with van der Waals surface area (Å²) in [5.41, 5.74) is 1.29. The van der Waals surface area contributed by atoms with Crippen LogP contribution in [0.25, 0.3) is 0 Å². The van der Waals surface area contributed by atoms with Gasteiger partial charge < -0.3 is 5.11 Å². The van der Waals surface area contributed by atoms with E-state index in [9.17, 15) is 5.11 Å². The monoisotopic (exact) mass is 205 g/mol. The molecule has 0 aliphatic carbocycles. The summed E-state index contributed by atoms with van der Waals surface area (Å²) in [6, 6.07) is 7.53. The van der Waals surface area contributed by atoms with Gasteiger partial charge in [0.1, 0.15) is 5.75 Å². The van der Waals surface area contributed by atoms with Gasteiger partial charge >= 0.3 is 0 Å². The summed E-state index contributed by atoms with van der Waals surface area (Å²) in [4.78, 5) is 2.49. The minimum Gasteiger partial charge on any atom is -0.508 e. The van der Waals surface area contributed by atoms with Crippen LogP contribution < -0.4 is 0 Å². The number of phenolic OH excluding ortho intramolecular Hbond substituents is 1. The highest BCUT2D eigenvalue weighted by molar-refractivity contribution is 5.25. The third-order valence-electron chi connectivity index (χ3n) is 3.41. The fourth-order valence-corrected chi connectivity index (χ4v) is 2.24. The van der Waals surface area contributed by atoms with Gasteiger partial charge in [0.25, 0.3) is 0 Å². The van der Waals surface area contributed by atoms with Crippen LogP contribution >= 0.6 is 0 Å². The zero-order valence-corrected chi connectivity index (χ0v) is 9.48. The van der Waals surface area contributed by atoms with Crippen molar-refractivity contribution in [1.82, 2.24) is 4.90 Å². The predicted octanol–water partition coefficient (Wildman–Crippen LogP) is 2.48. The van der Waals surface area contributed by atoms with Crippen molar-refractivity contribution in [1.29, 1.82) is 0 Å². The molecule has 2 rings (SSSR count). The third-order valence-corrected chi connectivity index (χ3v) is 3.41. The number of nitrogens with zero attached hydrogens (tertiary/aromatic N) is 1. The van der Waals surface area contributed by atoms with Gasteiger partial charge in [-0.05, 0) is 29.5 Å². The van der Waals surface area contributed by atoms with E-state index in [4.69, 9.17) is 0 Å². The van der Waals surface area contributed by atoms with E-state index in [-0.39, 0.29) is 0 Å². The maximum absolute atomic E-state index is 9.19. The van der Waals surface area contributed by atoms with Gasteiger partial charge in [0.15, 0.2) is 0 Å². The molecule has 1 heterocycles. The van der Waals surface area contributed by atoms with Gasteiger partial charge in [-0.1, -0.05) is 26.0 Å². The molecule has 1 fully saturated rings. The minimum absolute atomic E-state index is 0.349. The first-order valence-electron chi connectivity index (χ1n) is 5.65. The zero-order valence-electron chi connectivity index (χ0n) is 9.48. The molecule has 1 saturated heterocycles. The Balaban J connectivity index is 1.95. The Bertz CT molecular complexity index is 310. The first kappa shape index (κ1) is 10.5. The molecular formula is C13H19NO. The lowest BCUT2D eigenvalue weighted by atomic mass is 10.0. The Hall–Kier alpha value is -1.02. The summed E-state index contributed by atoms with van der Waals surface area (Å²) in [7, 11) is 0. The standard InChI is InChI=1S/C13H19NO/c1-10-7-14(8-11(10)2)9-12-3-5-13(15)6-4-12/h3-6,10-11,15H,7-9H2,1-2H3. The molecule has 1 aliphatic heterocycles. The van der Waals surface area contributed by atoms with Gasteiger partial charge in [-0.15, -0.1) is 0 Å². The Kier molecular flexibility index (Phi) is 2.96. The quantitative estimate of drug-likeness (QED) is 0.801. The molecule has 1 aromatic carbocycles. The number of hydrogen-bond donors (Lipinski definition) is 1. The smallest absolute Gasteiger partial charge is 0.115 e. The van der Waals surface area contributed by atoms with Crippen LogP contribution in [0.4, 0.5) is 0 Å². The van der Waals surface area contributed by atoms with Crippen LogP contribution in [0.1, 0.15) is 19.4 Å². The molecule has 1 aromatic rings. The second-order valence-corrected chi connectivity index (χ2v) is 4.82. The van der Waals surface area contributed by atoms with Crippen molar-refractivity contribution in [2.24, 2.45) is 11.8 Å². The molecule has 2 nitrogen and oxygen atoms in total. The molecule has 0 saturated carbocycles. The van der Waals surface area contributed by atoms with E-state index in [2.05, 4.69) is 18.7 Å². The molecule has 1 aliphatic rings. The van der Waals surface area contributed by atoms with Crippen LogP contribution in [0.3, 0.4) is 0 Å². The Labute approximate surface area is 91.5 Å². The van der Waals surface area contributed by atoms with E-state index in [1.165, 1.54) is 18.7 Å². The van der Waals surface area contributed by atoms with Crippen molar-refractivity contribution in [3.05, 3.63) is 29.8 Å². The van der Waals surface area contributed by atoms with Crippen LogP contribution in [0, 0.1) is 11.8 Å². The minimum atomic E-state index is 0.349. The molecule has 0 spiro atoms. The van der Waals surface area contributed by atoms with E-state index >= 15 is 0 Å². The second kappa shape index (κ2) is 4.23. The molecule has 0 bridgehead atoms. The van der Waals surface area contributed by atoms with Gasteiger partial charge in [0.05, 0.1) is 0 Å². The Morgan fingerprint density at radius 1 is 1.13 bits per heavy atom. The third kappa shape index (κ3) is 2.51. The highest BCUT2D eigenvalue weighted by Crippen LogP contribution is 2.23. The van der Waals surface area contributed by atoms with Crippen LogP contribution in [0.2, 0.25) is 0 Å². The van der Waals surface area contributed by atoms with Gasteiger partial charge in [-0.2, -0.15) is 0 Å². The molecule has 0 amide bonds. The summed E-state index contributed by atoms with van der Waals surface area (Å²) in [6.45, 7) is 8.04. The van der Waals surface area contributed by atoms with Gasteiger partial charge in [0, 0.05) is 19.6 Å². The first-order valence-corrected chi connectivity index (χ1v) is 5.65. The van der Waals surface area contributed by atoms with Crippen LogP contribution in [-0.4, -0.2) is 23.1 Å². The fraction of sp³-hybridized carbons (Fsp3) is 0.538. The molecule has 0 radical (unpaired) electrons. The summed E-state index contributed by atoms with van der Waals surface area (Å²) in [5.74, 6) is 1.96. The number of phenols is 1. The highest BCUT2D eigenvalue weighted by Gasteiger charge is 2.25. The second-order valence-electron chi connectivity index (χ2n) is 4.82. The average Bonchev–Trinajstić information content (AvgIpc) is 2.50. The molecule has 15 heavy (non-hydrogen) atoms. The molecule has 2 heteroatoms. The summed E-state index contributed by atoms with van der Waals surface area (Å²) < 4.78 is 0. The lowest BCUT2D eigenvalue weighted by Gasteiger charge is -2.15. The van der Waals surface area contributed by atoms with Gasteiger partial charge in [-0.25, -0.2) is 0 Å². The van der Waals surface area contributed by atoms with Crippen molar-refractivity contribution in [3.63, 3.8) is 0 Å². The van der Waals surface area contributed by atoms with Crippen molar-refractivity contribution in [2.75, 3.05) is 13.1 Å². The molecule has 2 atom stereocenters. The van der Waals surface area contributed by atoms with E-state index < -0.39 is 0 Å². The zero-order chi connectivity index (χ0) is 10.8. The summed E-state index contributed by atoms with van der Waals surface area (Å²) >= 11 is 0. The van der Waals surface area contributed by atoms with Crippen LogP contribution in [0.5, 0.6) is 5.75 Å². The van der Waals surface area contributed by atoms with Crippen LogP contribution in [0.15, 0.2) is 24.3 Å². The van der Waals surface area contributed by atoms with Crippen molar-refractivity contribution in [3.8, 4) is 5.75 Å².